The van der Waals surface area contributed by atoms with Crippen LogP contribution in [0.1, 0.15) is 42.4 Å². The molecule has 2 aromatic heterocycles. The molecule has 6 heteroatoms. The monoisotopic (exact) mass is 404 g/mol. The highest BCUT2D eigenvalue weighted by atomic mass is 32.1. The first kappa shape index (κ1) is 17.9. The molecule has 5 rings (SSSR count). The lowest BCUT2D eigenvalue weighted by atomic mass is 9.81. The van der Waals surface area contributed by atoms with Crippen LogP contribution in [-0.2, 0) is 9.59 Å². The maximum Gasteiger partial charge on any atom is 0.224 e. The molecule has 0 bridgehead atoms. The number of anilines is 2. The van der Waals surface area contributed by atoms with Crippen LogP contribution in [0, 0.1) is 0 Å². The normalized spacial score (nSPS) is 21.3. The lowest BCUT2D eigenvalue weighted by molar-refractivity contribution is -0.117. The fourth-order valence-electron chi connectivity index (χ4n) is 4.38. The number of hydrogen-bond donors (Lipinski definition) is 1. The Balaban J connectivity index is 1.71. The standard InChI is InChI=1S/C23H20N2O3S/c1-14(26)25-18-7-3-2-6-16(18)24-17-12-15(20-8-4-10-28-20)13-19(27)22(17)23(25)21-9-5-11-29-21/h2-11,15,23-24H,12-13H2,1H3/t15-,23+/m1/s1. The molecule has 0 saturated carbocycles. The third-order valence-electron chi connectivity index (χ3n) is 5.59. The first-order valence-electron chi connectivity index (χ1n) is 9.62. The third-order valence-corrected chi connectivity index (χ3v) is 6.51. The Labute approximate surface area is 172 Å². The van der Waals surface area contributed by atoms with Crippen molar-refractivity contribution in [3.63, 3.8) is 0 Å². The molecule has 0 radical (unpaired) electrons. The summed E-state index contributed by atoms with van der Waals surface area (Å²) in [6, 6.07) is 15.0. The molecule has 0 spiro atoms. The summed E-state index contributed by atoms with van der Waals surface area (Å²) in [5, 5.41) is 5.47. The summed E-state index contributed by atoms with van der Waals surface area (Å²) in [5.74, 6) is 0.772. The Hall–Kier alpha value is -3.12. The number of carbonyl (C=O) groups is 2. The van der Waals surface area contributed by atoms with E-state index in [0.29, 0.717) is 18.4 Å². The number of hydrogen-bond acceptors (Lipinski definition) is 5. The Kier molecular flexibility index (Phi) is 4.36. The van der Waals surface area contributed by atoms with Crippen LogP contribution >= 0.6 is 11.3 Å². The number of benzene rings is 1. The summed E-state index contributed by atoms with van der Waals surface area (Å²) in [4.78, 5) is 29.0. The van der Waals surface area contributed by atoms with Crippen molar-refractivity contribution in [2.45, 2.75) is 31.7 Å². The van der Waals surface area contributed by atoms with Gasteiger partial charge < -0.3 is 9.73 Å². The van der Waals surface area contributed by atoms with E-state index in [9.17, 15) is 9.59 Å². The number of Topliss-reactive ketones (excluding diaryl/α,β-unsaturated/α-hetero) is 1. The van der Waals surface area contributed by atoms with Crippen LogP contribution in [0.4, 0.5) is 11.4 Å². The molecule has 2 aliphatic rings. The van der Waals surface area contributed by atoms with Gasteiger partial charge in [-0.2, -0.15) is 0 Å². The smallest absolute Gasteiger partial charge is 0.224 e. The average molecular weight is 404 g/mol. The van der Waals surface area contributed by atoms with Gasteiger partial charge in [0.25, 0.3) is 0 Å². The van der Waals surface area contributed by atoms with Gasteiger partial charge in [0.05, 0.1) is 17.6 Å². The maximum atomic E-state index is 13.4. The molecule has 3 heterocycles. The zero-order chi connectivity index (χ0) is 20.0. The van der Waals surface area contributed by atoms with E-state index in [1.807, 2.05) is 53.9 Å². The van der Waals surface area contributed by atoms with E-state index in [0.717, 1.165) is 27.7 Å². The minimum absolute atomic E-state index is 0.0104. The summed E-state index contributed by atoms with van der Waals surface area (Å²) in [5.41, 5.74) is 3.18. The van der Waals surface area contributed by atoms with Crippen molar-refractivity contribution in [2.24, 2.45) is 0 Å². The SMILES string of the molecule is CC(=O)N1c2ccccc2NC2=C(C(=O)C[C@H](c3ccco3)C2)[C@@H]1c1cccs1. The number of rotatable bonds is 2. The largest absolute Gasteiger partial charge is 0.469 e. The van der Waals surface area contributed by atoms with Crippen LogP contribution in [0.5, 0.6) is 0 Å². The lowest BCUT2D eigenvalue weighted by Crippen LogP contribution is -2.36. The van der Waals surface area contributed by atoms with Crippen LogP contribution in [0.15, 0.2) is 75.9 Å². The predicted octanol–water partition coefficient (Wildman–Crippen LogP) is 5.26. The topological polar surface area (TPSA) is 62.6 Å². The van der Waals surface area contributed by atoms with E-state index < -0.39 is 6.04 Å². The van der Waals surface area contributed by atoms with E-state index in [4.69, 9.17) is 4.42 Å². The summed E-state index contributed by atoms with van der Waals surface area (Å²) < 4.78 is 5.60. The molecule has 5 nitrogen and oxygen atoms in total. The molecule has 0 unspecified atom stereocenters. The molecule has 29 heavy (non-hydrogen) atoms. The van der Waals surface area contributed by atoms with Crippen molar-refractivity contribution in [3.05, 3.63) is 82.1 Å². The number of amides is 1. The molecule has 0 fully saturated rings. The fourth-order valence-corrected chi connectivity index (χ4v) is 5.20. The first-order valence-corrected chi connectivity index (χ1v) is 10.5. The molecule has 3 aromatic rings. The molecule has 1 aromatic carbocycles. The number of nitrogens with one attached hydrogen (secondary N) is 1. The van der Waals surface area contributed by atoms with Gasteiger partial charge in [-0.3, -0.25) is 14.5 Å². The quantitative estimate of drug-likeness (QED) is 0.633. The number of para-hydroxylation sites is 2. The van der Waals surface area contributed by atoms with E-state index in [-0.39, 0.29) is 17.6 Å². The molecule has 2 atom stereocenters. The Morgan fingerprint density at radius 3 is 2.72 bits per heavy atom. The minimum atomic E-state index is -0.427. The highest BCUT2D eigenvalue weighted by Crippen LogP contribution is 2.48. The Morgan fingerprint density at radius 1 is 1.14 bits per heavy atom. The summed E-state index contributed by atoms with van der Waals surface area (Å²) >= 11 is 1.56. The highest BCUT2D eigenvalue weighted by molar-refractivity contribution is 7.10. The van der Waals surface area contributed by atoms with Gasteiger partial charge in [-0.05, 0) is 42.1 Å². The van der Waals surface area contributed by atoms with Crippen molar-refractivity contribution >= 4 is 34.4 Å². The van der Waals surface area contributed by atoms with E-state index in [2.05, 4.69) is 5.32 Å². The van der Waals surface area contributed by atoms with Crippen molar-refractivity contribution in [1.82, 2.24) is 0 Å². The molecule has 0 saturated heterocycles. The van der Waals surface area contributed by atoms with Gasteiger partial charge >= 0.3 is 0 Å². The number of ketones is 1. The van der Waals surface area contributed by atoms with Crippen LogP contribution in [0.25, 0.3) is 0 Å². The number of carbonyl (C=O) groups excluding carboxylic acids is 2. The van der Waals surface area contributed by atoms with Gasteiger partial charge in [0.2, 0.25) is 5.91 Å². The van der Waals surface area contributed by atoms with Gasteiger partial charge in [0.1, 0.15) is 11.8 Å². The number of thiophene rings is 1. The number of nitrogens with zero attached hydrogens (tertiary/aromatic N) is 1. The number of allylic oxidation sites excluding steroid dienone is 1. The summed E-state index contributed by atoms with van der Waals surface area (Å²) in [7, 11) is 0. The summed E-state index contributed by atoms with van der Waals surface area (Å²) in [6.07, 6.45) is 2.68. The number of fused-ring (bicyclic) bond motifs is 1. The van der Waals surface area contributed by atoms with Crippen LogP contribution in [0.3, 0.4) is 0 Å². The second-order valence-electron chi connectivity index (χ2n) is 7.39. The van der Waals surface area contributed by atoms with Gasteiger partial charge in [-0.25, -0.2) is 0 Å². The molecule has 1 amide bonds. The van der Waals surface area contributed by atoms with Crippen molar-refractivity contribution in [2.75, 3.05) is 10.2 Å². The van der Waals surface area contributed by atoms with Crippen LogP contribution in [0.2, 0.25) is 0 Å². The molecule has 1 aliphatic carbocycles. The van der Waals surface area contributed by atoms with E-state index >= 15 is 0 Å². The van der Waals surface area contributed by atoms with Crippen LogP contribution in [-0.4, -0.2) is 11.7 Å². The Bertz CT molecular complexity index is 1100. The zero-order valence-corrected chi connectivity index (χ0v) is 16.7. The highest BCUT2D eigenvalue weighted by Gasteiger charge is 2.41. The van der Waals surface area contributed by atoms with Gasteiger partial charge in [0, 0.05) is 35.4 Å². The first-order chi connectivity index (χ1) is 14.1. The molecule has 1 aliphatic heterocycles. The molecule has 1 N–H and O–H groups in total. The van der Waals surface area contributed by atoms with E-state index in [1.54, 1.807) is 29.4 Å². The third kappa shape index (κ3) is 3.00. The average Bonchev–Trinajstić information content (AvgIpc) is 3.39. The molecule has 146 valence electrons. The second kappa shape index (κ2) is 7.04. The predicted molar refractivity (Wildman–Crippen MR) is 113 cm³/mol. The summed E-state index contributed by atoms with van der Waals surface area (Å²) in [6.45, 7) is 1.56. The van der Waals surface area contributed by atoms with Gasteiger partial charge in [-0.1, -0.05) is 18.2 Å². The van der Waals surface area contributed by atoms with E-state index in [1.165, 1.54) is 0 Å². The zero-order valence-electron chi connectivity index (χ0n) is 15.9. The van der Waals surface area contributed by atoms with Crippen molar-refractivity contribution in [1.29, 1.82) is 0 Å². The molecular formula is C23H20N2O3S. The minimum Gasteiger partial charge on any atom is -0.469 e. The second-order valence-corrected chi connectivity index (χ2v) is 8.36. The van der Waals surface area contributed by atoms with Crippen molar-refractivity contribution < 1.29 is 14.0 Å². The lowest BCUT2D eigenvalue weighted by Gasteiger charge is -2.33. The fraction of sp³-hybridized carbons (Fsp3) is 0.217. The van der Waals surface area contributed by atoms with Gasteiger partial charge in [-0.15, -0.1) is 11.3 Å². The molecular weight excluding hydrogens is 384 g/mol. The Morgan fingerprint density at radius 2 is 2.00 bits per heavy atom. The van der Waals surface area contributed by atoms with Crippen LogP contribution < -0.4 is 10.2 Å². The van der Waals surface area contributed by atoms with Gasteiger partial charge in [0.15, 0.2) is 5.78 Å². The van der Waals surface area contributed by atoms with Crippen molar-refractivity contribution in [3.8, 4) is 0 Å². The number of furan rings is 1. The maximum absolute atomic E-state index is 13.4.